The molecule has 2 aliphatic heterocycles. The number of aromatic nitrogens is 1. The molecule has 1 aromatic heterocycles. The standard InChI is InChI=1S/C34H30N4O7S/c39-26-10-6-7-22(19-26)20-28(36-32(41)25-14-12-24(13-15-25)23-8-2-1-3-9-23)33(42)37-18-16-29-31(37)30(40)21-38(29)46(44,45)34(43)27-11-4-5-17-35-27/h1-15,17,19,28-29,31,39H,16,18,20-21H2,(H,36,41). The topological polar surface area (TPSA) is 154 Å². The number of rotatable bonds is 8. The fourth-order valence-corrected chi connectivity index (χ4v) is 7.54. The summed E-state index contributed by atoms with van der Waals surface area (Å²) in [6.45, 7) is -0.515. The molecule has 3 aromatic carbocycles. The first kappa shape index (κ1) is 30.8. The average molecular weight is 639 g/mol. The van der Waals surface area contributed by atoms with Crippen molar-refractivity contribution in [1.82, 2.24) is 19.5 Å². The van der Waals surface area contributed by atoms with Crippen LogP contribution in [0.2, 0.25) is 0 Å². The van der Waals surface area contributed by atoms with Crippen LogP contribution in [-0.2, 0) is 26.0 Å². The normalized spacial score (nSPS) is 18.6. The molecule has 234 valence electrons. The first-order chi connectivity index (χ1) is 22.1. The van der Waals surface area contributed by atoms with Crippen molar-refractivity contribution in [3.05, 3.63) is 120 Å². The zero-order valence-corrected chi connectivity index (χ0v) is 25.3. The van der Waals surface area contributed by atoms with Gasteiger partial charge in [0.15, 0.2) is 5.78 Å². The van der Waals surface area contributed by atoms with Crippen LogP contribution < -0.4 is 5.32 Å². The third kappa shape index (κ3) is 6.04. The van der Waals surface area contributed by atoms with Crippen LogP contribution in [0.4, 0.5) is 0 Å². The molecule has 2 aliphatic rings. The molecule has 12 heteroatoms. The van der Waals surface area contributed by atoms with Crippen LogP contribution in [0.25, 0.3) is 11.1 Å². The maximum atomic E-state index is 14.1. The molecular weight excluding hydrogens is 608 g/mol. The van der Waals surface area contributed by atoms with Crippen molar-refractivity contribution >= 4 is 32.7 Å². The molecule has 46 heavy (non-hydrogen) atoms. The molecule has 2 amide bonds. The number of benzene rings is 3. The highest BCUT2D eigenvalue weighted by atomic mass is 32.2. The SMILES string of the molecule is O=C(NC(Cc1cccc(O)c1)C(=O)N1CCC2C1C(=O)CN2S(=O)(=O)C(=O)c1ccccn1)c1ccc(-c2ccccc2)cc1. The van der Waals surface area contributed by atoms with Crippen LogP contribution in [0.3, 0.4) is 0 Å². The predicted octanol–water partition coefficient (Wildman–Crippen LogP) is 2.82. The smallest absolute Gasteiger partial charge is 0.310 e. The van der Waals surface area contributed by atoms with Crippen molar-refractivity contribution in [3.63, 3.8) is 0 Å². The van der Waals surface area contributed by atoms with Gasteiger partial charge in [0.25, 0.3) is 15.9 Å². The average Bonchev–Trinajstić information content (AvgIpc) is 3.66. The molecule has 0 aliphatic carbocycles. The molecule has 2 saturated heterocycles. The lowest BCUT2D eigenvalue weighted by Crippen LogP contribution is -2.53. The van der Waals surface area contributed by atoms with Gasteiger partial charge in [0, 0.05) is 24.7 Å². The Morgan fingerprint density at radius 2 is 1.63 bits per heavy atom. The summed E-state index contributed by atoms with van der Waals surface area (Å²) in [6, 6.07) is 24.0. The van der Waals surface area contributed by atoms with Gasteiger partial charge >= 0.3 is 5.12 Å². The van der Waals surface area contributed by atoms with Crippen molar-refractivity contribution in [2.45, 2.75) is 31.0 Å². The van der Waals surface area contributed by atoms with E-state index in [4.69, 9.17) is 0 Å². The second-order valence-electron chi connectivity index (χ2n) is 11.2. The molecule has 0 radical (unpaired) electrons. The van der Waals surface area contributed by atoms with Gasteiger partial charge in [0.05, 0.1) is 12.6 Å². The molecular formula is C34H30N4O7S. The summed E-state index contributed by atoms with van der Waals surface area (Å²) in [7, 11) is -4.60. The van der Waals surface area contributed by atoms with E-state index in [9.17, 15) is 32.7 Å². The van der Waals surface area contributed by atoms with Gasteiger partial charge in [-0.3, -0.25) is 24.2 Å². The van der Waals surface area contributed by atoms with Gasteiger partial charge in [0.1, 0.15) is 23.5 Å². The lowest BCUT2D eigenvalue weighted by molar-refractivity contribution is -0.138. The molecule has 3 atom stereocenters. The number of nitrogens with one attached hydrogen (secondary N) is 1. The maximum absolute atomic E-state index is 14.1. The van der Waals surface area contributed by atoms with Gasteiger partial charge in [-0.05, 0) is 59.5 Å². The van der Waals surface area contributed by atoms with Crippen LogP contribution in [0.1, 0.15) is 32.8 Å². The summed E-state index contributed by atoms with van der Waals surface area (Å²) < 4.78 is 27.5. The number of phenolic OH excluding ortho intramolecular Hbond substituents is 1. The number of carbonyl (C=O) groups is 4. The van der Waals surface area contributed by atoms with Crippen LogP contribution >= 0.6 is 0 Å². The minimum absolute atomic E-state index is 0.00330. The molecule has 6 rings (SSSR count). The van der Waals surface area contributed by atoms with Crippen LogP contribution in [0.5, 0.6) is 5.75 Å². The Bertz CT molecular complexity index is 1900. The van der Waals surface area contributed by atoms with Crippen LogP contribution in [0, 0.1) is 0 Å². The zero-order valence-electron chi connectivity index (χ0n) is 24.5. The number of sulfonamides is 1. The van der Waals surface area contributed by atoms with Crippen LogP contribution in [-0.4, -0.2) is 81.6 Å². The Labute approximate surface area is 265 Å². The van der Waals surface area contributed by atoms with E-state index in [2.05, 4.69) is 10.3 Å². The molecule has 3 heterocycles. The largest absolute Gasteiger partial charge is 0.508 e. The number of phenols is 1. The Morgan fingerprint density at radius 1 is 0.913 bits per heavy atom. The number of nitrogens with zero attached hydrogens (tertiary/aromatic N) is 3. The van der Waals surface area contributed by atoms with Gasteiger partial charge < -0.3 is 15.3 Å². The van der Waals surface area contributed by atoms with Crippen LogP contribution in [0.15, 0.2) is 103 Å². The number of aromatic hydroxyl groups is 1. The van der Waals surface area contributed by atoms with Crippen molar-refractivity contribution in [2.75, 3.05) is 13.1 Å². The Hall–Kier alpha value is -5.20. The number of amides is 2. The van der Waals surface area contributed by atoms with E-state index in [1.807, 2.05) is 30.3 Å². The highest BCUT2D eigenvalue weighted by molar-refractivity contribution is 8.04. The van der Waals surface area contributed by atoms with E-state index in [0.717, 1.165) is 15.4 Å². The molecule has 2 fully saturated rings. The number of carbonyl (C=O) groups excluding carboxylic acids is 4. The number of pyridine rings is 1. The molecule has 4 aromatic rings. The van der Waals surface area contributed by atoms with Gasteiger partial charge in [0.2, 0.25) is 5.91 Å². The van der Waals surface area contributed by atoms with Gasteiger partial charge in [-0.25, -0.2) is 8.42 Å². The van der Waals surface area contributed by atoms with Crippen molar-refractivity contribution in [1.29, 1.82) is 0 Å². The fourth-order valence-electron chi connectivity index (χ4n) is 6.07. The zero-order chi connectivity index (χ0) is 32.4. The summed E-state index contributed by atoms with van der Waals surface area (Å²) in [6.07, 6.45) is 1.43. The molecule has 2 N–H and O–H groups in total. The predicted molar refractivity (Wildman–Crippen MR) is 168 cm³/mol. The van der Waals surface area contributed by atoms with E-state index in [-0.39, 0.29) is 30.8 Å². The van der Waals surface area contributed by atoms with Crippen molar-refractivity contribution in [2.24, 2.45) is 0 Å². The third-order valence-corrected chi connectivity index (χ3v) is 9.98. The molecule has 0 bridgehead atoms. The molecule has 0 saturated carbocycles. The summed E-state index contributed by atoms with van der Waals surface area (Å²) >= 11 is 0. The van der Waals surface area contributed by atoms with E-state index in [1.54, 1.807) is 42.5 Å². The molecule has 0 spiro atoms. The Balaban J connectivity index is 1.24. The first-order valence-corrected chi connectivity index (χ1v) is 16.1. The monoisotopic (exact) mass is 638 g/mol. The Kier molecular flexibility index (Phi) is 8.48. The third-order valence-electron chi connectivity index (χ3n) is 8.29. The quantitative estimate of drug-likeness (QED) is 0.299. The second-order valence-corrected chi connectivity index (χ2v) is 13.0. The molecule has 11 nitrogen and oxygen atoms in total. The number of ketones is 1. The summed E-state index contributed by atoms with van der Waals surface area (Å²) in [5, 5.41) is 11.6. The number of hydrogen-bond donors (Lipinski definition) is 2. The number of fused-ring (bicyclic) bond motifs is 1. The highest BCUT2D eigenvalue weighted by Crippen LogP contribution is 2.33. The lowest BCUT2D eigenvalue weighted by atomic mass is 10.0. The minimum Gasteiger partial charge on any atom is -0.508 e. The summed E-state index contributed by atoms with van der Waals surface area (Å²) in [5.74, 6) is -1.63. The number of likely N-dealkylation sites (tertiary alicyclic amines) is 1. The van der Waals surface area contributed by atoms with E-state index in [1.165, 1.54) is 35.4 Å². The first-order valence-electron chi connectivity index (χ1n) is 14.7. The Morgan fingerprint density at radius 3 is 2.33 bits per heavy atom. The van der Waals surface area contributed by atoms with Gasteiger partial charge in [-0.15, -0.1) is 0 Å². The van der Waals surface area contributed by atoms with Crippen molar-refractivity contribution < 1.29 is 32.7 Å². The number of Topliss-reactive ketones (excluding diaryl/α,β-unsaturated/α-hetero) is 1. The lowest BCUT2D eigenvalue weighted by Gasteiger charge is -2.28. The fraction of sp³-hybridized carbons (Fsp3) is 0.206. The van der Waals surface area contributed by atoms with Crippen molar-refractivity contribution in [3.8, 4) is 16.9 Å². The number of hydrogen-bond acceptors (Lipinski definition) is 8. The summed E-state index contributed by atoms with van der Waals surface area (Å²) in [5.41, 5.74) is 2.50. The highest BCUT2D eigenvalue weighted by Gasteiger charge is 2.55. The van der Waals surface area contributed by atoms with E-state index >= 15 is 0 Å². The summed E-state index contributed by atoms with van der Waals surface area (Å²) in [4.78, 5) is 58.8. The second kappa shape index (κ2) is 12.7. The van der Waals surface area contributed by atoms with Gasteiger partial charge in [-0.1, -0.05) is 60.7 Å². The minimum atomic E-state index is -4.60. The maximum Gasteiger partial charge on any atom is 0.310 e. The van der Waals surface area contributed by atoms with E-state index in [0.29, 0.717) is 11.1 Å². The molecule has 3 unspecified atom stereocenters. The van der Waals surface area contributed by atoms with E-state index < -0.39 is 57.4 Å². The van der Waals surface area contributed by atoms with Gasteiger partial charge in [-0.2, -0.15) is 4.31 Å².